The Balaban J connectivity index is 2.11. The van der Waals surface area contributed by atoms with Gasteiger partial charge in [-0.3, -0.25) is 0 Å². The zero-order valence-electron chi connectivity index (χ0n) is 17.0. The molecule has 162 valence electrons. The molecule has 5 nitrogen and oxygen atoms in total. The first kappa shape index (κ1) is 23.3. The summed E-state index contributed by atoms with van der Waals surface area (Å²) in [6.45, 7) is 5.01. The van der Waals surface area contributed by atoms with Gasteiger partial charge in [-0.2, -0.15) is 13.2 Å². The summed E-state index contributed by atoms with van der Waals surface area (Å²) >= 11 is 0. The Hall–Kier alpha value is -3.03. The van der Waals surface area contributed by atoms with Crippen molar-refractivity contribution in [1.29, 1.82) is 0 Å². The average molecular weight is 423 g/mol. The molecule has 0 aliphatic heterocycles. The van der Waals surface area contributed by atoms with Crippen molar-refractivity contribution in [1.82, 2.24) is 5.32 Å². The van der Waals surface area contributed by atoms with Gasteiger partial charge in [-0.1, -0.05) is 42.5 Å². The van der Waals surface area contributed by atoms with Gasteiger partial charge in [0, 0.05) is 6.42 Å². The molecule has 1 N–H and O–H groups in total. The van der Waals surface area contributed by atoms with Gasteiger partial charge < -0.3 is 14.8 Å². The summed E-state index contributed by atoms with van der Waals surface area (Å²) in [5.74, 6) is -0.718. The van der Waals surface area contributed by atoms with Crippen molar-refractivity contribution < 1.29 is 32.2 Å². The molecule has 0 aliphatic rings. The number of halogens is 3. The number of carbonyl (C=O) groups excluding carboxylic acids is 2. The minimum Gasteiger partial charge on any atom is -0.459 e. The summed E-state index contributed by atoms with van der Waals surface area (Å²) < 4.78 is 48.7. The number of rotatable bonds is 6. The number of ether oxygens (including phenoxy) is 2. The Morgan fingerprint density at radius 1 is 0.933 bits per heavy atom. The number of esters is 1. The van der Waals surface area contributed by atoms with Crippen LogP contribution in [0.5, 0.6) is 0 Å². The molecule has 0 aliphatic carbocycles. The van der Waals surface area contributed by atoms with Crippen molar-refractivity contribution in [2.45, 2.75) is 51.6 Å². The van der Waals surface area contributed by atoms with Crippen molar-refractivity contribution in [3.8, 4) is 0 Å². The van der Waals surface area contributed by atoms with E-state index >= 15 is 0 Å². The van der Waals surface area contributed by atoms with Crippen molar-refractivity contribution in [2.75, 3.05) is 0 Å². The minimum atomic E-state index is -4.46. The molecule has 0 radical (unpaired) electrons. The van der Waals surface area contributed by atoms with E-state index in [1.54, 1.807) is 45.0 Å². The molecular formula is C22H24F3NO4. The van der Waals surface area contributed by atoms with Crippen LogP contribution in [-0.4, -0.2) is 23.7 Å². The number of alkyl halides is 3. The van der Waals surface area contributed by atoms with Gasteiger partial charge in [0.05, 0.1) is 5.56 Å². The maximum atomic E-state index is 12.8. The minimum absolute atomic E-state index is 0.000810. The summed E-state index contributed by atoms with van der Waals surface area (Å²) in [6.07, 6.45) is -5.33. The molecule has 0 heterocycles. The predicted molar refractivity (Wildman–Crippen MR) is 105 cm³/mol. The second-order valence-corrected chi connectivity index (χ2v) is 7.69. The maximum absolute atomic E-state index is 12.8. The molecule has 0 saturated heterocycles. The topological polar surface area (TPSA) is 64.6 Å². The number of alkyl carbamates (subject to hydrolysis) is 1. The van der Waals surface area contributed by atoms with E-state index in [1.165, 1.54) is 12.1 Å². The van der Waals surface area contributed by atoms with Crippen LogP contribution in [0.15, 0.2) is 54.6 Å². The quantitative estimate of drug-likeness (QED) is 0.673. The number of benzene rings is 2. The molecule has 0 fully saturated rings. The largest absolute Gasteiger partial charge is 0.459 e. The average Bonchev–Trinajstić information content (AvgIpc) is 2.64. The molecular weight excluding hydrogens is 399 g/mol. The molecule has 0 aromatic heterocycles. The molecule has 8 heteroatoms. The van der Waals surface area contributed by atoms with E-state index in [-0.39, 0.29) is 13.0 Å². The fraction of sp³-hybridized carbons (Fsp3) is 0.364. The molecule has 0 saturated carbocycles. The van der Waals surface area contributed by atoms with Crippen LogP contribution in [0.25, 0.3) is 0 Å². The lowest BCUT2D eigenvalue weighted by Gasteiger charge is -2.23. The Labute approximate surface area is 173 Å². The van der Waals surface area contributed by atoms with Gasteiger partial charge in [0.15, 0.2) is 0 Å². The highest BCUT2D eigenvalue weighted by molar-refractivity contribution is 5.81. The SMILES string of the molecule is CC(C)(C)OC(=O)N[C@@H](Cc1ccc(C(F)(F)F)cc1)C(=O)OCc1ccccc1. The predicted octanol–water partition coefficient (Wildman–Crippen LogP) is 4.88. The summed E-state index contributed by atoms with van der Waals surface area (Å²) in [5.41, 5.74) is -0.386. The van der Waals surface area contributed by atoms with Crippen LogP contribution in [0.3, 0.4) is 0 Å². The van der Waals surface area contributed by atoms with Gasteiger partial charge in [0.25, 0.3) is 0 Å². The van der Waals surface area contributed by atoms with Crippen LogP contribution >= 0.6 is 0 Å². The lowest BCUT2D eigenvalue weighted by atomic mass is 10.0. The van der Waals surface area contributed by atoms with Crippen LogP contribution in [0.4, 0.5) is 18.0 Å². The summed E-state index contributed by atoms with van der Waals surface area (Å²) in [4.78, 5) is 24.7. The monoisotopic (exact) mass is 423 g/mol. The highest BCUT2D eigenvalue weighted by Crippen LogP contribution is 2.29. The van der Waals surface area contributed by atoms with E-state index < -0.39 is 35.4 Å². The molecule has 0 bridgehead atoms. The third kappa shape index (κ3) is 7.77. The van der Waals surface area contributed by atoms with Crippen molar-refractivity contribution in [3.05, 3.63) is 71.3 Å². The Morgan fingerprint density at radius 3 is 2.07 bits per heavy atom. The molecule has 30 heavy (non-hydrogen) atoms. The fourth-order valence-corrected chi connectivity index (χ4v) is 2.54. The number of hydrogen-bond donors (Lipinski definition) is 1. The lowest BCUT2D eigenvalue weighted by molar-refractivity contribution is -0.147. The van der Waals surface area contributed by atoms with E-state index in [2.05, 4.69) is 5.32 Å². The molecule has 0 spiro atoms. The van der Waals surface area contributed by atoms with E-state index in [0.29, 0.717) is 5.56 Å². The van der Waals surface area contributed by atoms with Crippen molar-refractivity contribution >= 4 is 12.1 Å². The van der Waals surface area contributed by atoms with E-state index in [0.717, 1.165) is 17.7 Å². The number of hydrogen-bond acceptors (Lipinski definition) is 4. The van der Waals surface area contributed by atoms with E-state index in [4.69, 9.17) is 9.47 Å². The van der Waals surface area contributed by atoms with Gasteiger partial charge in [-0.25, -0.2) is 9.59 Å². The van der Waals surface area contributed by atoms with Crippen LogP contribution in [0.1, 0.15) is 37.5 Å². The first-order valence-corrected chi connectivity index (χ1v) is 9.30. The highest BCUT2D eigenvalue weighted by atomic mass is 19.4. The summed E-state index contributed by atoms with van der Waals surface area (Å²) in [6, 6.07) is 12.2. The maximum Gasteiger partial charge on any atom is 0.416 e. The summed E-state index contributed by atoms with van der Waals surface area (Å²) in [7, 11) is 0. The Kier molecular flexibility index (Phi) is 7.48. The van der Waals surface area contributed by atoms with Gasteiger partial charge in [0.2, 0.25) is 0 Å². The fourth-order valence-electron chi connectivity index (χ4n) is 2.54. The highest BCUT2D eigenvalue weighted by Gasteiger charge is 2.31. The molecule has 2 aromatic rings. The van der Waals surface area contributed by atoms with Crippen LogP contribution in [0, 0.1) is 0 Å². The van der Waals surface area contributed by atoms with Crippen LogP contribution in [-0.2, 0) is 33.5 Å². The third-order valence-electron chi connectivity index (χ3n) is 3.92. The third-order valence-corrected chi connectivity index (χ3v) is 3.92. The Bertz CT molecular complexity index is 843. The second-order valence-electron chi connectivity index (χ2n) is 7.69. The second kappa shape index (κ2) is 9.65. The lowest BCUT2D eigenvalue weighted by Crippen LogP contribution is -2.45. The number of amides is 1. The first-order chi connectivity index (χ1) is 13.9. The summed E-state index contributed by atoms with van der Waals surface area (Å²) in [5, 5.41) is 2.45. The van der Waals surface area contributed by atoms with Crippen LogP contribution < -0.4 is 5.32 Å². The Morgan fingerprint density at radius 2 is 1.53 bits per heavy atom. The normalized spacial score (nSPS) is 12.7. The van der Waals surface area contributed by atoms with Gasteiger partial charge in [-0.05, 0) is 44.0 Å². The molecule has 1 amide bonds. The molecule has 2 rings (SSSR count). The zero-order chi connectivity index (χ0) is 22.4. The molecule has 1 atom stereocenters. The molecule has 0 unspecified atom stereocenters. The van der Waals surface area contributed by atoms with Gasteiger partial charge in [-0.15, -0.1) is 0 Å². The van der Waals surface area contributed by atoms with Crippen molar-refractivity contribution in [2.24, 2.45) is 0 Å². The van der Waals surface area contributed by atoms with Gasteiger partial charge in [0.1, 0.15) is 18.2 Å². The molecule has 2 aromatic carbocycles. The van der Waals surface area contributed by atoms with Crippen LogP contribution in [0.2, 0.25) is 0 Å². The number of nitrogens with one attached hydrogen (secondary N) is 1. The first-order valence-electron chi connectivity index (χ1n) is 9.30. The zero-order valence-corrected chi connectivity index (χ0v) is 17.0. The van der Waals surface area contributed by atoms with Gasteiger partial charge >= 0.3 is 18.2 Å². The van der Waals surface area contributed by atoms with E-state index in [9.17, 15) is 22.8 Å². The standard InChI is InChI=1S/C22H24F3NO4/c1-21(2,3)30-20(28)26-18(19(27)29-14-16-7-5-4-6-8-16)13-15-9-11-17(12-10-15)22(23,24)25/h4-12,18H,13-14H2,1-3H3,(H,26,28)/t18-/m0/s1. The van der Waals surface area contributed by atoms with E-state index in [1.807, 2.05) is 6.07 Å². The smallest absolute Gasteiger partial charge is 0.416 e. The van der Waals surface area contributed by atoms with Crippen molar-refractivity contribution in [3.63, 3.8) is 0 Å². The number of carbonyl (C=O) groups is 2.